The molecule has 0 radical (unpaired) electrons. The number of hydrogen-bond acceptors (Lipinski definition) is 4. The SMILES string of the molecule is CSCCCNS(=O)(=O)c1cccc(C(=O)NCC(F)(F)F)c1. The Hall–Kier alpha value is -1.26. The largest absolute Gasteiger partial charge is 0.405 e. The highest BCUT2D eigenvalue weighted by Gasteiger charge is 2.28. The quantitative estimate of drug-likeness (QED) is 0.687. The molecular formula is C13H17F3N2O3S2. The third kappa shape index (κ3) is 7.23. The van der Waals surface area contributed by atoms with Crippen LogP contribution in [0, 0.1) is 0 Å². The fourth-order valence-electron chi connectivity index (χ4n) is 1.59. The van der Waals surface area contributed by atoms with Crippen molar-refractivity contribution in [2.24, 2.45) is 0 Å². The molecule has 2 N–H and O–H groups in total. The van der Waals surface area contributed by atoms with Gasteiger partial charge >= 0.3 is 6.18 Å². The molecule has 0 heterocycles. The fraction of sp³-hybridized carbons (Fsp3) is 0.462. The van der Waals surface area contributed by atoms with Crippen molar-refractivity contribution in [3.63, 3.8) is 0 Å². The minimum absolute atomic E-state index is 0.152. The lowest BCUT2D eigenvalue weighted by molar-refractivity contribution is -0.123. The molecule has 23 heavy (non-hydrogen) atoms. The Morgan fingerprint density at radius 1 is 1.30 bits per heavy atom. The lowest BCUT2D eigenvalue weighted by atomic mass is 10.2. The summed E-state index contributed by atoms with van der Waals surface area (Å²) in [5, 5.41) is 1.70. The molecular weight excluding hydrogens is 353 g/mol. The molecule has 0 aliphatic carbocycles. The first kappa shape index (κ1) is 19.8. The van der Waals surface area contributed by atoms with Crippen LogP contribution < -0.4 is 10.0 Å². The molecule has 0 aliphatic heterocycles. The van der Waals surface area contributed by atoms with Gasteiger partial charge in [-0.25, -0.2) is 13.1 Å². The molecule has 1 aromatic rings. The maximum Gasteiger partial charge on any atom is 0.405 e. The average Bonchev–Trinajstić information content (AvgIpc) is 2.48. The Bertz CT molecular complexity index is 634. The molecule has 1 amide bonds. The van der Waals surface area contributed by atoms with Crippen LogP contribution in [0.15, 0.2) is 29.2 Å². The Morgan fingerprint density at radius 3 is 2.61 bits per heavy atom. The molecule has 5 nitrogen and oxygen atoms in total. The van der Waals surface area contributed by atoms with Gasteiger partial charge < -0.3 is 5.32 Å². The first-order valence-corrected chi connectivity index (χ1v) is 9.47. The summed E-state index contributed by atoms with van der Waals surface area (Å²) >= 11 is 1.58. The standard InChI is InChI=1S/C13H17F3N2O3S2/c1-22-7-3-6-18-23(20,21)11-5-2-4-10(8-11)12(19)17-9-13(14,15)16/h2,4-5,8,18H,3,6-7,9H2,1H3,(H,17,19). The van der Waals surface area contributed by atoms with Crippen LogP contribution in [0.1, 0.15) is 16.8 Å². The highest BCUT2D eigenvalue weighted by atomic mass is 32.2. The molecule has 130 valence electrons. The van der Waals surface area contributed by atoms with Gasteiger partial charge in [-0.3, -0.25) is 4.79 Å². The Kier molecular flexibility index (Phi) is 7.36. The molecule has 10 heteroatoms. The lowest BCUT2D eigenvalue weighted by Gasteiger charge is -2.10. The molecule has 0 fully saturated rings. The van der Waals surface area contributed by atoms with E-state index in [1.54, 1.807) is 17.1 Å². The predicted molar refractivity (Wildman–Crippen MR) is 83.0 cm³/mol. The van der Waals surface area contributed by atoms with Gasteiger partial charge in [0.05, 0.1) is 4.90 Å². The summed E-state index contributed by atoms with van der Waals surface area (Å²) in [5.41, 5.74) is -0.152. The van der Waals surface area contributed by atoms with Crippen LogP contribution in [0.3, 0.4) is 0 Å². The minimum atomic E-state index is -4.53. The van der Waals surface area contributed by atoms with Gasteiger partial charge in [0, 0.05) is 12.1 Å². The van der Waals surface area contributed by atoms with Crippen molar-refractivity contribution in [2.75, 3.05) is 25.1 Å². The van der Waals surface area contributed by atoms with E-state index in [0.717, 1.165) is 11.8 Å². The maximum atomic E-state index is 12.1. The number of thioether (sulfide) groups is 1. The van der Waals surface area contributed by atoms with Crippen molar-refractivity contribution in [3.8, 4) is 0 Å². The zero-order valence-electron chi connectivity index (χ0n) is 12.3. The molecule has 0 aromatic heterocycles. The van der Waals surface area contributed by atoms with Gasteiger partial charge in [-0.05, 0) is 36.6 Å². The van der Waals surface area contributed by atoms with E-state index in [2.05, 4.69) is 4.72 Å². The zero-order chi connectivity index (χ0) is 17.5. The third-order valence-corrected chi connectivity index (χ3v) is 4.83. The van der Waals surface area contributed by atoms with Gasteiger partial charge in [0.25, 0.3) is 5.91 Å². The average molecular weight is 370 g/mol. The van der Waals surface area contributed by atoms with E-state index in [4.69, 9.17) is 0 Å². The van der Waals surface area contributed by atoms with Crippen LogP contribution in [0.5, 0.6) is 0 Å². The van der Waals surface area contributed by atoms with Gasteiger partial charge in [0.1, 0.15) is 6.54 Å². The summed E-state index contributed by atoms with van der Waals surface area (Å²) in [5.74, 6) is -0.190. The van der Waals surface area contributed by atoms with Crippen molar-refractivity contribution < 1.29 is 26.4 Å². The highest BCUT2D eigenvalue weighted by molar-refractivity contribution is 7.98. The summed E-state index contributed by atoms with van der Waals surface area (Å²) < 4.78 is 62.7. The third-order valence-electron chi connectivity index (χ3n) is 2.67. The van der Waals surface area contributed by atoms with Crippen molar-refractivity contribution in [1.29, 1.82) is 0 Å². The Morgan fingerprint density at radius 2 is 2.00 bits per heavy atom. The van der Waals surface area contributed by atoms with Crippen LogP contribution in [-0.2, 0) is 10.0 Å². The van der Waals surface area contributed by atoms with Crippen LogP contribution in [-0.4, -0.2) is 45.6 Å². The van der Waals surface area contributed by atoms with Gasteiger partial charge in [-0.1, -0.05) is 6.07 Å². The van der Waals surface area contributed by atoms with Crippen molar-refractivity contribution in [3.05, 3.63) is 29.8 Å². The topological polar surface area (TPSA) is 75.3 Å². The molecule has 1 aromatic carbocycles. The summed E-state index contributed by atoms with van der Waals surface area (Å²) in [6.07, 6.45) is -1.98. The molecule has 0 atom stereocenters. The summed E-state index contributed by atoms with van der Waals surface area (Å²) in [7, 11) is -3.80. The van der Waals surface area contributed by atoms with Gasteiger partial charge in [0.2, 0.25) is 10.0 Å². The van der Waals surface area contributed by atoms with E-state index in [0.29, 0.717) is 6.42 Å². The number of carbonyl (C=O) groups is 1. The van der Waals surface area contributed by atoms with Crippen LogP contribution in [0.25, 0.3) is 0 Å². The molecule has 0 saturated heterocycles. The van der Waals surface area contributed by atoms with Gasteiger partial charge in [-0.15, -0.1) is 0 Å². The van der Waals surface area contributed by atoms with Crippen molar-refractivity contribution in [1.82, 2.24) is 10.0 Å². The van der Waals surface area contributed by atoms with E-state index >= 15 is 0 Å². The second-order valence-corrected chi connectivity index (χ2v) is 7.32. The second kappa shape index (κ2) is 8.55. The Balaban J connectivity index is 2.77. The monoisotopic (exact) mass is 370 g/mol. The van der Waals surface area contributed by atoms with Gasteiger partial charge in [0.15, 0.2) is 0 Å². The number of rotatable bonds is 8. The lowest BCUT2D eigenvalue weighted by Crippen LogP contribution is -2.33. The Labute approximate surface area is 137 Å². The van der Waals surface area contributed by atoms with E-state index in [1.807, 2.05) is 6.26 Å². The molecule has 0 saturated carbocycles. The first-order valence-electron chi connectivity index (χ1n) is 6.59. The minimum Gasteiger partial charge on any atom is -0.343 e. The summed E-state index contributed by atoms with van der Waals surface area (Å²) in [4.78, 5) is 11.5. The van der Waals surface area contributed by atoms with Crippen LogP contribution in [0.4, 0.5) is 13.2 Å². The zero-order valence-corrected chi connectivity index (χ0v) is 13.9. The smallest absolute Gasteiger partial charge is 0.343 e. The molecule has 0 unspecified atom stereocenters. The molecule has 0 spiro atoms. The van der Waals surface area contributed by atoms with Crippen molar-refractivity contribution in [2.45, 2.75) is 17.5 Å². The van der Waals surface area contributed by atoms with E-state index < -0.39 is 28.7 Å². The number of sulfonamides is 1. The summed E-state index contributed by atoms with van der Waals surface area (Å²) in [6.45, 7) is -1.23. The van der Waals surface area contributed by atoms with E-state index in [9.17, 15) is 26.4 Å². The van der Waals surface area contributed by atoms with E-state index in [-0.39, 0.29) is 17.0 Å². The number of carbonyl (C=O) groups excluding carboxylic acids is 1. The summed E-state index contributed by atoms with van der Waals surface area (Å²) in [6, 6.07) is 4.87. The number of benzene rings is 1. The molecule has 0 aliphatic rings. The first-order chi connectivity index (χ1) is 10.7. The molecule has 0 bridgehead atoms. The number of alkyl halides is 3. The fourth-order valence-corrected chi connectivity index (χ4v) is 3.15. The number of amides is 1. The number of halogens is 3. The normalized spacial score (nSPS) is 12.2. The molecule has 1 rings (SSSR count). The van der Waals surface area contributed by atoms with E-state index in [1.165, 1.54) is 18.2 Å². The van der Waals surface area contributed by atoms with Crippen LogP contribution in [0.2, 0.25) is 0 Å². The maximum absolute atomic E-state index is 12.1. The second-order valence-electron chi connectivity index (χ2n) is 4.57. The predicted octanol–water partition coefficient (Wildman–Crippen LogP) is 2.01. The number of hydrogen-bond donors (Lipinski definition) is 2. The van der Waals surface area contributed by atoms with Crippen molar-refractivity contribution >= 4 is 27.7 Å². The van der Waals surface area contributed by atoms with Crippen LogP contribution >= 0.6 is 11.8 Å². The van der Waals surface area contributed by atoms with Gasteiger partial charge in [-0.2, -0.15) is 24.9 Å². The highest BCUT2D eigenvalue weighted by Crippen LogP contribution is 2.14. The number of nitrogens with one attached hydrogen (secondary N) is 2.